The monoisotopic (exact) mass is 649 g/mol. The number of anilines is 1. The minimum atomic E-state index is -0.779. The van der Waals surface area contributed by atoms with Gasteiger partial charge in [-0.05, 0) is 110 Å². The first-order chi connectivity index (χ1) is 23.3. The molecule has 7 N–H and O–H groups in total. The van der Waals surface area contributed by atoms with Gasteiger partial charge in [0, 0.05) is 35.5 Å². The summed E-state index contributed by atoms with van der Waals surface area (Å²) in [5, 5.41) is 19.6. The van der Waals surface area contributed by atoms with Gasteiger partial charge in [0.15, 0.2) is 0 Å². The molecule has 3 aromatic carbocycles. The highest BCUT2D eigenvalue weighted by atomic mass is 16.2. The van der Waals surface area contributed by atoms with Crippen LogP contribution in [0.1, 0.15) is 60.0 Å². The van der Waals surface area contributed by atoms with E-state index >= 15 is 0 Å². The van der Waals surface area contributed by atoms with Gasteiger partial charge in [-0.25, -0.2) is 0 Å². The molecule has 0 bridgehead atoms. The lowest BCUT2D eigenvalue weighted by Gasteiger charge is -2.28. The third-order valence-corrected chi connectivity index (χ3v) is 9.68. The Bertz CT molecular complexity index is 1790. The van der Waals surface area contributed by atoms with Crippen LogP contribution >= 0.6 is 0 Å². The average Bonchev–Trinajstić information content (AvgIpc) is 3.57. The van der Waals surface area contributed by atoms with E-state index in [1.54, 1.807) is 12.3 Å². The number of benzene rings is 3. The number of aryl methyl sites for hydroxylation is 1. The van der Waals surface area contributed by atoms with Crippen LogP contribution in [0.5, 0.6) is 0 Å². The summed E-state index contributed by atoms with van der Waals surface area (Å²) in [5.74, 6) is -0.504. The van der Waals surface area contributed by atoms with Crippen LogP contribution in [-0.4, -0.2) is 59.0 Å². The summed E-state index contributed by atoms with van der Waals surface area (Å²) in [5.41, 5.74) is 11.5. The molecule has 2 aliphatic rings. The zero-order valence-electron chi connectivity index (χ0n) is 27.2. The molecule has 1 unspecified atom stereocenters. The summed E-state index contributed by atoms with van der Waals surface area (Å²) in [7, 11) is 0. The van der Waals surface area contributed by atoms with Gasteiger partial charge in [0.05, 0.1) is 11.7 Å². The number of carbonyl (C=O) groups excluding carboxylic acids is 4. The van der Waals surface area contributed by atoms with Crippen molar-refractivity contribution in [1.82, 2.24) is 26.1 Å². The van der Waals surface area contributed by atoms with Crippen LogP contribution in [0, 0.1) is 18.8 Å². The molecule has 2 heterocycles. The molecule has 2 fully saturated rings. The van der Waals surface area contributed by atoms with Crippen LogP contribution in [0.2, 0.25) is 0 Å². The van der Waals surface area contributed by atoms with Crippen molar-refractivity contribution in [2.45, 2.75) is 64.0 Å². The molecule has 0 radical (unpaired) electrons. The fraction of sp³-hybridized carbons (Fsp3) is 0.378. The zero-order chi connectivity index (χ0) is 33.6. The average molecular weight is 650 g/mol. The molecule has 4 aromatic rings. The third-order valence-electron chi connectivity index (χ3n) is 9.68. The lowest BCUT2D eigenvalue weighted by molar-refractivity contribution is -0.130. The number of fused-ring (bicyclic) bond motifs is 1. The first-order valence-electron chi connectivity index (χ1n) is 16.8. The Kier molecular flexibility index (Phi) is 10.1. The van der Waals surface area contributed by atoms with Gasteiger partial charge in [0.1, 0.15) is 12.1 Å². The normalized spacial score (nSPS) is 20.0. The smallest absolute Gasteiger partial charge is 0.251 e. The Labute approximate surface area is 279 Å². The zero-order valence-corrected chi connectivity index (χ0v) is 27.2. The van der Waals surface area contributed by atoms with Crippen molar-refractivity contribution in [2.75, 3.05) is 18.4 Å². The molecular weight excluding hydrogens is 606 g/mol. The molecule has 1 aromatic heterocycles. The van der Waals surface area contributed by atoms with Crippen molar-refractivity contribution in [3.05, 3.63) is 83.6 Å². The number of hydrogen-bond acceptors (Lipinski definition) is 6. The van der Waals surface area contributed by atoms with E-state index in [2.05, 4.69) is 31.5 Å². The number of nitrogens with one attached hydrogen (secondary N) is 5. The van der Waals surface area contributed by atoms with Crippen molar-refractivity contribution in [3.63, 3.8) is 0 Å². The summed E-state index contributed by atoms with van der Waals surface area (Å²) in [6.07, 6.45) is 6.87. The standard InChI is InChI=1S/C37H43N7O4/c1-22-17-27(35(46)42-31-3-2-16-39-36(31)47)13-15-30(22)25-8-4-23(5-9-25)18-33(43-34(45)26-10-6-24(20-38)7-11-26)37(48)41-29-14-12-28-21-40-44-32(28)19-29/h4-5,8-9,12-15,17,19,21,24,26,31,33H,2-3,6-7,10-11,16,18,20,38H2,1H3,(H,39,47)(H,40,44)(H,41,48)(H,42,46)(H,43,45)/t24?,26?,31?,33-/m0/s1. The quantitative estimate of drug-likeness (QED) is 0.152. The molecule has 250 valence electrons. The second-order valence-electron chi connectivity index (χ2n) is 13.1. The Morgan fingerprint density at radius 1 is 0.979 bits per heavy atom. The van der Waals surface area contributed by atoms with E-state index < -0.39 is 12.1 Å². The SMILES string of the molecule is Cc1cc(C(=O)NC2CCCNC2=O)ccc1-c1ccc(C[C@H](NC(=O)C2CCC(CN)CC2)C(=O)Nc2ccc3cn[nH]c3c2)cc1. The predicted molar refractivity (Wildman–Crippen MR) is 185 cm³/mol. The minimum Gasteiger partial charge on any atom is -0.354 e. The Morgan fingerprint density at radius 2 is 1.77 bits per heavy atom. The molecule has 11 nitrogen and oxygen atoms in total. The van der Waals surface area contributed by atoms with Crippen LogP contribution < -0.4 is 27.0 Å². The molecule has 0 spiro atoms. The number of nitrogens with zero attached hydrogens (tertiary/aromatic N) is 1. The summed E-state index contributed by atoms with van der Waals surface area (Å²) in [4.78, 5) is 52.0. The summed E-state index contributed by atoms with van der Waals surface area (Å²) in [6.45, 7) is 3.22. The number of amides is 4. The third kappa shape index (κ3) is 7.74. The number of piperidine rings is 1. The maximum Gasteiger partial charge on any atom is 0.251 e. The first kappa shape index (κ1) is 32.9. The van der Waals surface area contributed by atoms with Crippen LogP contribution in [0.15, 0.2) is 66.9 Å². The van der Waals surface area contributed by atoms with Crippen molar-refractivity contribution < 1.29 is 19.2 Å². The Morgan fingerprint density at radius 3 is 2.50 bits per heavy atom. The molecule has 1 aliphatic heterocycles. The van der Waals surface area contributed by atoms with Gasteiger partial charge in [-0.1, -0.05) is 30.3 Å². The Hall–Kier alpha value is -5.03. The molecule has 1 saturated carbocycles. The van der Waals surface area contributed by atoms with Crippen molar-refractivity contribution in [2.24, 2.45) is 17.6 Å². The number of rotatable bonds is 10. The summed E-state index contributed by atoms with van der Waals surface area (Å²) < 4.78 is 0. The van der Waals surface area contributed by atoms with Crippen molar-refractivity contribution in [3.8, 4) is 11.1 Å². The number of aromatic nitrogens is 2. The van der Waals surface area contributed by atoms with Crippen LogP contribution in [0.3, 0.4) is 0 Å². The number of carbonyl (C=O) groups is 4. The topological polar surface area (TPSA) is 171 Å². The molecule has 6 rings (SSSR count). The lowest BCUT2D eigenvalue weighted by atomic mass is 9.81. The van der Waals surface area contributed by atoms with E-state index in [0.29, 0.717) is 43.1 Å². The highest BCUT2D eigenvalue weighted by Crippen LogP contribution is 2.29. The predicted octanol–water partition coefficient (Wildman–Crippen LogP) is 3.98. The molecule has 4 amide bonds. The van der Waals surface area contributed by atoms with E-state index in [4.69, 9.17) is 5.73 Å². The lowest BCUT2D eigenvalue weighted by Crippen LogP contribution is -2.50. The van der Waals surface area contributed by atoms with E-state index in [-0.39, 0.29) is 29.5 Å². The van der Waals surface area contributed by atoms with Crippen LogP contribution in [-0.2, 0) is 20.8 Å². The van der Waals surface area contributed by atoms with Gasteiger partial charge >= 0.3 is 0 Å². The highest BCUT2D eigenvalue weighted by molar-refractivity contribution is 5.99. The summed E-state index contributed by atoms with van der Waals surface area (Å²) in [6, 6.07) is 17.6. The molecule has 2 atom stereocenters. The highest BCUT2D eigenvalue weighted by Gasteiger charge is 2.30. The van der Waals surface area contributed by atoms with Gasteiger partial charge in [0.2, 0.25) is 17.7 Å². The van der Waals surface area contributed by atoms with Gasteiger partial charge < -0.3 is 27.0 Å². The van der Waals surface area contributed by atoms with E-state index in [1.807, 2.05) is 61.5 Å². The van der Waals surface area contributed by atoms with Crippen molar-refractivity contribution in [1.29, 1.82) is 0 Å². The van der Waals surface area contributed by atoms with Gasteiger partial charge in [-0.2, -0.15) is 5.10 Å². The fourth-order valence-electron chi connectivity index (χ4n) is 6.74. The molecule has 1 aliphatic carbocycles. The van der Waals surface area contributed by atoms with E-state index in [9.17, 15) is 19.2 Å². The van der Waals surface area contributed by atoms with Gasteiger partial charge in [0.25, 0.3) is 5.91 Å². The number of aromatic amines is 1. The number of H-pyrrole nitrogens is 1. The van der Waals surface area contributed by atoms with Crippen molar-refractivity contribution >= 4 is 40.2 Å². The summed E-state index contributed by atoms with van der Waals surface area (Å²) >= 11 is 0. The molecule has 11 heteroatoms. The number of nitrogens with two attached hydrogens (primary N) is 1. The second-order valence-corrected chi connectivity index (χ2v) is 13.1. The first-order valence-corrected chi connectivity index (χ1v) is 16.8. The largest absolute Gasteiger partial charge is 0.354 e. The van der Waals surface area contributed by atoms with Gasteiger partial charge in [-0.15, -0.1) is 0 Å². The van der Waals surface area contributed by atoms with E-state index in [0.717, 1.165) is 65.3 Å². The fourth-order valence-corrected chi connectivity index (χ4v) is 6.74. The Balaban J connectivity index is 1.15. The minimum absolute atomic E-state index is 0.102. The maximum absolute atomic E-state index is 13.6. The number of hydrogen-bond donors (Lipinski definition) is 6. The molecule has 48 heavy (non-hydrogen) atoms. The molecular formula is C37H43N7O4. The van der Waals surface area contributed by atoms with Crippen LogP contribution in [0.25, 0.3) is 22.0 Å². The molecule has 1 saturated heterocycles. The van der Waals surface area contributed by atoms with Gasteiger partial charge in [-0.3, -0.25) is 24.3 Å². The van der Waals surface area contributed by atoms with Crippen LogP contribution in [0.4, 0.5) is 5.69 Å². The van der Waals surface area contributed by atoms with E-state index in [1.165, 1.54) is 0 Å². The maximum atomic E-state index is 13.6. The second kappa shape index (κ2) is 14.8.